The zero-order valence-corrected chi connectivity index (χ0v) is 20.6. The molecule has 4 rings (SSSR count). The van der Waals surface area contributed by atoms with E-state index in [1.54, 1.807) is 18.2 Å². The van der Waals surface area contributed by atoms with Crippen molar-refractivity contribution >= 4 is 67.0 Å². The number of imide groups is 1. The van der Waals surface area contributed by atoms with E-state index in [1.807, 2.05) is 0 Å². The minimum absolute atomic E-state index is 0.0515. The third kappa shape index (κ3) is 3.81. The summed E-state index contributed by atoms with van der Waals surface area (Å²) in [5.41, 5.74) is 0.837. The Labute approximate surface area is 201 Å². The van der Waals surface area contributed by atoms with Gasteiger partial charge in [0, 0.05) is 20.9 Å². The number of hydrogen-bond acceptors (Lipinski definition) is 6. The Balaban J connectivity index is 1.36. The van der Waals surface area contributed by atoms with Gasteiger partial charge in [0.05, 0.1) is 11.8 Å². The number of halogens is 2. The van der Waals surface area contributed by atoms with Gasteiger partial charge in [0.25, 0.3) is 5.91 Å². The topological polar surface area (TPSA) is 110 Å². The van der Waals surface area contributed by atoms with Crippen molar-refractivity contribution in [3.63, 3.8) is 0 Å². The quantitative estimate of drug-likeness (QED) is 0.244. The number of benzene rings is 1. The molecule has 2 bridgehead atoms. The first-order valence-corrected chi connectivity index (χ1v) is 12.2. The molecule has 3 aliphatic rings. The van der Waals surface area contributed by atoms with Crippen LogP contribution >= 0.6 is 31.9 Å². The first-order chi connectivity index (χ1) is 15.1. The van der Waals surface area contributed by atoms with Crippen LogP contribution in [0.2, 0.25) is 0 Å². The van der Waals surface area contributed by atoms with E-state index in [4.69, 9.17) is 4.74 Å². The molecule has 170 valence electrons. The number of Topliss-reactive ketones (excluding diaryl/α,β-unsaturated/α-hetero) is 1. The van der Waals surface area contributed by atoms with Crippen molar-refractivity contribution < 1.29 is 28.7 Å². The van der Waals surface area contributed by atoms with Crippen molar-refractivity contribution in [3.05, 3.63) is 29.8 Å². The summed E-state index contributed by atoms with van der Waals surface area (Å²) in [5.74, 6) is -2.97. The normalized spacial score (nSPS) is 31.4. The van der Waals surface area contributed by atoms with Crippen LogP contribution < -0.4 is 5.32 Å². The average Bonchev–Trinajstić information content (AvgIpc) is 3.36. The van der Waals surface area contributed by atoms with E-state index in [1.165, 1.54) is 19.9 Å². The van der Waals surface area contributed by atoms with Crippen LogP contribution in [0.25, 0.3) is 0 Å². The monoisotopic (exact) mass is 568 g/mol. The molecule has 0 radical (unpaired) electrons. The van der Waals surface area contributed by atoms with Crippen molar-refractivity contribution in [2.45, 2.75) is 36.0 Å². The Kier molecular flexibility index (Phi) is 6.28. The van der Waals surface area contributed by atoms with Crippen LogP contribution in [0.4, 0.5) is 5.69 Å². The van der Waals surface area contributed by atoms with Crippen LogP contribution in [0.5, 0.6) is 0 Å². The first kappa shape index (κ1) is 23.1. The second kappa shape index (κ2) is 8.70. The molecule has 1 saturated heterocycles. The molecule has 1 aliphatic heterocycles. The maximum absolute atomic E-state index is 13.0. The van der Waals surface area contributed by atoms with Crippen molar-refractivity contribution in [2.24, 2.45) is 23.7 Å². The zero-order valence-electron chi connectivity index (χ0n) is 17.4. The van der Waals surface area contributed by atoms with Gasteiger partial charge in [-0.25, -0.2) is 4.79 Å². The van der Waals surface area contributed by atoms with Crippen LogP contribution in [0.3, 0.4) is 0 Å². The van der Waals surface area contributed by atoms with E-state index in [9.17, 15) is 24.0 Å². The molecule has 1 aromatic carbocycles. The molecule has 1 heterocycles. The number of nitrogens with zero attached hydrogens (tertiary/aromatic N) is 1. The van der Waals surface area contributed by atoms with Crippen molar-refractivity contribution in [1.29, 1.82) is 0 Å². The van der Waals surface area contributed by atoms with Gasteiger partial charge >= 0.3 is 5.97 Å². The fraction of sp³-hybridized carbons (Fsp3) is 0.500. The molecule has 1 N–H and O–H groups in total. The summed E-state index contributed by atoms with van der Waals surface area (Å²) in [6.07, 6.45) is 0.802. The smallest absolute Gasteiger partial charge is 0.329 e. The maximum Gasteiger partial charge on any atom is 0.329 e. The summed E-state index contributed by atoms with van der Waals surface area (Å²) in [6, 6.07) is 5.27. The minimum atomic E-state index is -1.11. The number of carbonyl (C=O) groups excluding carboxylic acids is 5. The lowest BCUT2D eigenvalue weighted by atomic mass is 9.81. The maximum atomic E-state index is 13.0. The van der Waals surface area contributed by atoms with E-state index in [0.29, 0.717) is 11.3 Å². The molecule has 32 heavy (non-hydrogen) atoms. The first-order valence-electron chi connectivity index (χ1n) is 10.3. The van der Waals surface area contributed by atoms with Gasteiger partial charge in [-0.3, -0.25) is 24.1 Å². The molecular formula is C22H22Br2N2O6. The molecular weight excluding hydrogens is 548 g/mol. The number of nitrogens with one attached hydrogen (secondary N) is 1. The molecule has 3 amide bonds. The van der Waals surface area contributed by atoms with E-state index in [0.717, 1.165) is 11.3 Å². The predicted molar refractivity (Wildman–Crippen MR) is 121 cm³/mol. The number of esters is 1. The van der Waals surface area contributed by atoms with Gasteiger partial charge in [-0.1, -0.05) is 44.0 Å². The number of carbonyl (C=O) groups is 5. The SMILES string of the molecule is CC(=O)c1cccc(NC(=O)COC(=O)[C@H](C)N2C(=O)[C@@H]3[C@H]4C[C@@H]([C@H](Br)[C@H]4Br)[C@H]3C2=O)c1. The van der Waals surface area contributed by atoms with Crippen LogP contribution in [0, 0.1) is 23.7 Å². The lowest BCUT2D eigenvalue weighted by Gasteiger charge is -2.28. The van der Waals surface area contributed by atoms with Gasteiger partial charge in [-0.05, 0) is 44.2 Å². The van der Waals surface area contributed by atoms with Gasteiger partial charge < -0.3 is 10.1 Å². The molecule has 8 nitrogen and oxygen atoms in total. The number of alkyl halides is 2. The number of ketones is 1. The second-order valence-corrected chi connectivity index (χ2v) is 10.6. The summed E-state index contributed by atoms with van der Waals surface area (Å²) in [7, 11) is 0. The lowest BCUT2D eigenvalue weighted by molar-refractivity contribution is -0.159. The highest BCUT2D eigenvalue weighted by Crippen LogP contribution is 2.60. The molecule has 3 fully saturated rings. The Morgan fingerprint density at radius 1 is 1.12 bits per heavy atom. The summed E-state index contributed by atoms with van der Waals surface area (Å²) >= 11 is 7.25. The Morgan fingerprint density at radius 2 is 1.72 bits per heavy atom. The Bertz CT molecular complexity index is 982. The third-order valence-corrected chi connectivity index (χ3v) is 9.85. The highest BCUT2D eigenvalue weighted by Gasteiger charge is 2.67. The fourth-order valence-electron chi connectivity index (χ4n) is 5.13. The molecule has 7 atom stereocenters. The van der Waals surface area contributed by atoms with Gasteiger partial charge in [-0.2, -0.15) is 0 Å². The molecule has 1 aromatic rings. The molecule has 2 aliphatic carbocycles. The van der Waals surface area contributed by atoms with Crippen molar-refractivity contribution in [3.8, 4) is 0 Å². The van der Waals surface area contributed by atoms with Crippen LogP contribution in [0.1, 0.15) is 30.6 Å². The minimum Gasteiger partial charge on any atom is -0.454 e. The largest absolute Gasteiger partial charge is 0.454 e. The van der Waals surface area contributed by atoms with Gasteiger partial charge in [0.2, 0.25) is 11.8 Å². The van der Waals surface area contributed by atoms with Crippen LogP contribution in [-0.4, -0.2) is 56.7 Å². The number of anilines is 1. The lowest BCUT2D eigenvalue weighted by Crippen LogP contribution is -2.45. The van der Waals surface area contributed by atoms with Crippen molar-refractivity contribution in [1.82, 2.24) is 4.90 Å². The highest BCUT2D eigenvalue weighted by atomic mass is 79.9. The number of hydrogen-bond donors (Lipinski definition) is 1. The molecule has 0 aromatic heterocycles. The Morgan fingerprint density at radius 3 is 2.28 bits per heavy atom. The third-order valence-electron chi connectivity index (χ3n) is 6.65. The number of fused-ring (bicyclic) bond motifs is 5. The highest BCUT2D eigenvalue weighted by molar-refractivity contribution is 9.12. The van der Waals surface area contributed by atoms with Crippen LogP contribution in [-0.2, 0) is 23.9 Å². The van der Waals surface area contributed by atoms with E-state index >= 15 is 0 Å². The fourth-order valence-corrected chi connectivity index (χ4v) is 7.00. The summed E-state index contributed by atoms with van der Waals surface area (Å²) in [5, 5.41) is 2.55. The average molecular weight is 570 g/mol. The standard InChI is InChI=1S/C22H22Br2N2O6/c1-9(22(31)32-8-15(28)25-12-5-3-4-11(6-12)10(2)27)26-20(29)16-13-7-14(17(16)21(26)30)19(24)18(13)23/h3-6,9,13-14,16-19H,7-8H2,1-2H3,(H,25,28)/t9-,13+,14+,16+,17+,18-,19-/m0/s1. The predicted octanol–water partition coefficient (Wildman–Crippen LogP) is 2.54. The number of amides is 3. The van der Waals surface area contributed by atoms with Crippen LogP contribution in [0.15, 0.2) is 24.3 Å². The Hall–Kier alpha value is -2.07. The molecule has 2 saturated carbocycles. The summed E-state index contributed by atoms with van der Waals surface area (Å²) in [6.45, 7) is 2.28. The summed E-state index contributed by atoms with van der Waals surface area (Å²) in [4.78, 5) is 63.4. The number of rotatable bonds is 6. The molecule has 10 heteroatoms. The zero-order chi connectivity index (χ0) is 23.3. The number of ether oxygens (including phenoxy) is 1. The second-order valence-electron chi connectivity index (χ2n) is 8.52. The molecule has 0 spiro atoms. The number of likely N-dealkylation sites (tertiary alicyclic amines) is 1. The summed E-state index contributed by atoms with van der Waals surface area (Å²) < 4.78 is 5.08. The van der Waals surface area contributed by atoms with Gasteiger partial charge in [0.15, 0.2) is 12.4 Å². The van der Waals surface area contributed by atoms with Crippen molar-refractivity contribution in [2.75, 3.05) is 11.9 Å². The van der Waals surface area contributed by atoms with Gasteiger partial charge in [-0.15, -0.1) is 0 Å². The molecule has 0 unspecified atom stereocenters. The van der Waals surface area contributed by atoms with E-state index in [2.05, 4.69) is 37.2 Å². The van der Waals surface area contributed by atoms with Gasteiger partial charge in [0.1, 0.15) is 6.04 Å². The van der Waals surface area contributed by atoms with E-state index in [-0.39, 0.29) is 39.1 Å². The van der Waals surface area contributed by atoms with E-state index < -0.39 is 36.4 Å².